The van der Waals surface area contributed by atoms with Crippen LogP contribution in [-0.2, 0) is 10.0 Å². The Bertz CT molecular complexity index is 925. The van der Waals surface area contributed by atoms with Crippen molar-refractivity contribution in [2.75, 3.05) is 23.1 Å². The van der Waals surface area contributed by atoms with E-state index < -0.39 is 15.8 Å². The Kier molecular flexibility index (Phi) is 5.13. The minimum Gasteiger partial charge on any atom is -0.325 e. The maximum atomic E-state index is 13.3. The smallest absolute Gasteiger partial charge is 0.321 e. The third-order valence-electron chi connectivity index (χ3n) is 4.23. The van der Waals surface area contributed by atoms with E-state index in [-0.39, 0.29) is 16.6 Å². The second-order valence-electron chi connectivity index (χ2n) is 6.19. The summed E-state index contributed by atoms with van der Waals surface area (Å²) in [5.41, 5.74) is 0.924. The number of nitrogens with one attached hydrogen (secondary N) is 2. The summed E-state index contributed by atoms with van der Waals surface area (Å²) < 4.78 is 41.1. The van der Waals surface area contributed by atoms with Gasteiger partial charge in [0, 0.05) is 13.1 Å². The Balaban J connectivity index is 1.84. The number of carbonyl (C=O) groups excluding carboxylic acids is 1. The second kappa shape index (κ2) is 7.33. The van der Waals surface area contributed by atoms with Gasteiger partial charge in [0.2, 0.25) is 0 Å². The Morgan fingerprint density at radius 1 is 1.08 bits per heavy atom. The summed E-state index contributed by atoms with van der Waals surface area (Å²) in [7, 11) is -3.92. The van der Waals surface area contributed by atoms with Crippen LogP contribution in [0.25, 0.3) is 0 Å². The summed E-state index contributed by atoms with van der Waals surface area (Å²) in [5.74, 6) is -0.500. The van der Waals surface area contributed by atoms with Crippen LogP contribution in [0.1, 0.15) is 18.4 Å². The first-order valence-corrected chi connectivity index (χ1v) is 9.79. The molecule has 1 saturated heterocycles. The van der Waals surface area contributed by atoms with Crippen LogP contribution in [-0.4, -0.2) is 32.4 Å². The first kappa shape index (κ1) is 18.2. The number of benzene rings is 2. The van der Waals surface area contributed by atoms with E-state index >= 15 is 0 Å². The average Bonchev–Trinajstić information content (AvgIpc) is 3.10. The monoisotopic (exact) mass is 377 g/mol. The molecule has 2 aromatic rings. The fourth-order valence-electron chi connectivity index (χ4n) is 2.91. The lowest BCUT2D eigenvalue weighted by Crippen LogP contribution is -2.32. The van der Waals surface area contributed by atoms with Crippen LogP contribution in [0.4, 0.5) is 20.6 Å². The van der Waals surface area contributed by atoms with E-state index in [0.717, 1.165) is 25.0 Å². The van der Waals surface area contributed by atoms with Gasteiger partial charge >= 0.3 is 6.03 Å². The van der Waals surface area contributed by atoms with Crippen molar-refractivity contribution < 1.29 is 17.6 Å². The summed E-state index contributed by atoms with van der Waals surface area (Å²) in [6, 6.07) is 9.80. The zero-order chi connectivity index (χ0) is 18.7. The molecule has 2 amide bonds. The highest BCUT2D eigenvalue weighted by Crippen LogP contribution is 2.26. The lowest BCUT2D eigenvalue weighted by Gasteiger charge is -2.19. The van der Waals surface area contributed by atoms with Gasteiger partial charge in [-0.1, -0.05) is 12.1 Å². The molecule has 0 unspecified atom stereocenters. The molecule has 1 aliphatic rings. The maximum Gasteiger partial charge on any atom is 0.321 e. The number of sulfonamides is 1. The van der Waals surface area contributed by atoms with E-state index in [2.05, 4.69) is 10.0 Å². The van der Waals surface area contributed by atoms with Gasteiger partial charge in [-0.25, -0.2) is 17.6 Å². The minimum atomic E-state index is -3.92. The molecule has 6 nitrogen and oxygen atoms in total. The molecule has 1 aliphatic heterocycles. The molecule has 2 aromatic carbocycles. The van der Waals surface area contributed by atoms with E-state index in [0.29, 0.717) is 24.3 Å². The fraction of sp³-hybridized carbons (Fsp3) is 0.278. The van der Waals surface area contributed by atoms with Crippen LogP contribution in [0.5, 0.6) is 0 Å². The Hall–Kier alpha value is -2.61. The second-order valence-corrected chi connectivity index (χ2v) is 7.84. The van der Waals surface area contributed by atoms with E-state index in [4.69, 9.17) is 0 Å². The molecule has 0 atom stereocenters. The number of hydrogen-bond acceptors (Lipinski definition) is 3. The van der Waals surface area contributed by atoms with Crippen LogP contribution in [0, 0.1) is 12.7 Å². The number of para-hydroxylation sites is 2. The Morgan fingerprint density at radius 2 is 1.73 bits per heavy atom. The van der Waals surface area contributed by atoms with Crippen molar-refractivity contribution in [2.45, 2.75) is 24.7 Å². The first-order valence-electron chi connectivity index (χ1n) is 8.31. The maximum absolute atomic E-state index is 13.3. The molecule has 8 heteroatoms. The van der Waals surface area contributed by atoms with Crippen LogP contribution < -0.4 is 10.0 Å². The van der Waals surface area contributed by atoms with Crippen molar-refractivity contribution in [1.29, 1.82) is 0 Å². The molecule has 3 rings (SSSR count). The number of likely N-dealkylation sites (tertiary alicyclic amines) is 1. The number of anilines is 2. The average molecular weight is 377 g/mol. The van der Waals surface area contributed by atoms with Crippen LogP contribution in [0.3, 0.4) is 0 Å². The number of nitrogens with zero attached hydrogens (tertiary/aromatic N) is 1. The van der Waals surface area contributed by atoms with Gasteiger partial charge in [-0.3, -0.25) is 4.72 Å². The van der Waals surface area contributed by atoms with Gasteiger partial charge in [-0.15, -0.1) is 0 Å². The van der Waals surface area contributed by atoms with Crippen LogP contribution in [0.15, 0.2) is 47.4 Å². The summed E-state index contributed by atoms with van der Waals surface area (Å²) in [6.07, 6.45) is 1.93. The van der Waals surface area contributed by atoms with E-state index in [1.165, 1.54) is 13.0 Å². The highest BCUT2D eigenvalue weighted by molar-refractivity contribution is 7.92. The third-order valence-corrected chi connectivity index (χ3v) is 5.76. The number of carbonyl (C=O) groups is 1. The topological polar surface area (TPSA) is 78.5 Å². The van der Waals surface area contributed by atoms with Gasteiger partial charge in [0.15, 0.2) is 0 Å². The highest BCUT2D eigenvalue weighted by atomic mass is 32.2. The molecule has 0 aliphatic carbocycles. The zero-order valence-electron chi connectivity index (χ0n) is 14.3. The van der Waals surface area contributed by atoms with Crippen molar-refractivity contribution in [2.24, 2.45) is 0 Å². The van der Waals surface area contributed by atoms with Crippen molar-refractivity contribution in [3.8, 4) is 0 Å². The van der Waals surface area contributed by atoms with Crippen LogP contribution >= 0.6 is 0 Å². The summed E-state index contributed by atoms with van der Waals surface area (Å²) in [5, 5.41) is 2.75. The predicted molar refractivity (Wildman–Crippen MR) is 98.2 cm³/mol. The quantitative estimate of drug-likeness (QED) is 0.855. The molecule has 0 spiro atoms. The summed E-state index contributed by atoms with van der Waals surface area (Å²) >= 11 is 0. The number of amides is 2. The number of aryl methyl sites for hydroxylation is 1. The van der Waals surface area contributed by atoms with Gasteiger partial charge in [-0.05, 0) is 55.7 Å². The normalized spacial score (nSPS) is 14.3. The van der Waals surface area contributed by atoms with Crippen molar-refractivity contribution in [3.05, 3.63) is 53.8 Å². The molecule has 1 fully saturated rings. The molecule has 2 N–H and O–H groups in total. The highest BCUT2D eigenvalue weighted by Gasteiger charge is 2.21. The SMILES string of the molecule is Cc1cc(F)ccc1S(=O)(=O)Nc1ccccc1NC(=O)N1CCCC1. The fourth-order valence-corrected chi connectivity index (χ4v) is 4.22. The zero-order valence-corrected chi connectivity index (χ0v) is 15.1. The molecular formula is C18H20FN3O3S. The van der Waals surface area contributed by atoms with Gasteiger partial charge in [-0.2, -0.15) is 0 Å². The Labute approximate surface area is 152 Å². The third kappa shape index (κ3) is 3.96. The van der Waals surface area contributed by atoms with Gasteiger partial charge in [0.25, 0.3) is 10.0 Å². The molecule has 138 valence electrons. The standard InChI is InChI=1S/C18H20FN3O3S/c1-13-12-14(19)8-9-17(13)26(24,25)21-16-7-3-2-6-15(16)20-18(23)22-10-4-5-11-22/h2-3,6-9,12,21H,4-5,10-11H2,1H3,(H,20,23). The molecule has 1 heterocycles. The molecule has 0 saturated carbocycles. The molecular weight excluding hydrogens is 357 g/mol. The van der Waals surface area contributed by atoms with Crippen LogP contribution in [0.2, 0.25) is 0 Å². The van der Waals surface area contributed by atoms with Crippen molar-refractivity contribution >= 4 is 27.4 Å². The van der Waals surface area contributed by atoms with Gasteiger partial charge in [0.1, 0.15) is 5.82 Å². The number of halogens is 1. The largest absolute Gasteiger partial charge is 0.325 e. The minimum absolute atomic E-state index is 0.0143. The molecule has 26 heavy (non-hydrogen) atoms. The molecule has 0 radical (unpaired) electrons. The molecule has 0 bridgehead atoms. The number of hydrogen-bond donors (Lipinski definition) is 2. The molecule has 0 aromatic heterocycles. The Morgan fingerprint density at radius 3 is 2.38 bits per heavy atom. The van der Waals surface area contributed by atoms with Gasteiger partial charge in [0.05, 0.1) is 16.3 Å². The summed E-state index contributed by atoms with van der Waals surface area (Å²) in [4.78, 5) is 14.0. The lowest BCUT2D eigenvalue weighted by molar-refractivity contribution is 0.222. The van der Waals surface area contributed by atoms with E-state index in [1.54, 1.807) is 29.2 Å². The summed E-state index contributed by atoms with van der Waals surface area (Å²) in [6.45, 7) is 2.90. The lowest BCUT2D eigenvalue weighted by atomic mass is 10.2. The van der Waals surface area contributed by atoms with Gasteiger partial charge < -0.3 is 10.2 Å². The first-order chi connectivity index (χ1) is 12.4. The number of rotatable bonds is 4. The van der Waals surface area contributed by atoms with E-state index in [9.17, 15) is 17.6 Å². The van der Waals surface area contributed by atoms with E-state index in [1.807, 2.05) is 0 Å². The number of urea groups is 1. The van der Waals surface area contributed by atoms with Crippen molar-refractivity contribution in [1.82, 2.24) is 4.90 Å². The van der Waals surface area contributed by atoms with Crippen molar-refractivity contribution in [3.63, 3.8) is 0 Å². The predicted octanol–water partition coefficient (Wildman–Crippen LogP) is 3.56.